The standard InChI is InChI=1S/C17H22N2O/c1-12-7-8-14(10-13(12)2)11-16(18-3)15-6-5-9-19-17(15)20-4/h5-10,16,18H,11H2,1-4H3. The molecule has 2 rings (SSSR count). The van der Waals surface area contributed by atoms with E-state index in [4.69, 9.17) is 4.74 Å². The third-order valence-corrected chi connectivity index (χ3v) is 3.73. The Morgan fingerprint density at radius 2 is 2.00 bits per heavy atom. The lowest BCUT2D eigenvalue weighted by molar-refractivity contribution is 0.384. The van der Waals surface area contributed by atoms with Crippen LogP contribution in [-0.4, -0.2) is 19.1 Å². The van der Waals surface area contributed by atoms with Gasteiger partial charge in [-0.05, 0) is 50.1 Å². The molecule has 0 aliphatic carbocycles. The fourth-order valence-corrected chi connectivity index (χ4v) is 2.37. The Balaban J connectivity index is 2.26. The fourth-order valence-electron chi connectivity index (χ4n) is 2.37. The Kier molecular flexibility index (Phi) is 4.74. The van der Waals surface area contributed by atoms with Crippen LogP contribution in [-0.2, 0) is 6.42 Å². The number of rotatable bonds is 5. The Hall–Kier alpha value is -1.87. The van der Waals surface area contributed by atoms with Gasteiger partial charge in [-0.2, -0.15) is 0 Å². The summed E-state index contributed by atoms with van der Waals surface area (Å²) in [6.07, 6.45) is 2.67. The average molecular weight is 270 g/mol. The summed E-state index contributed by atoms with van der Waals surface area (Å²) in [5.74, 6) is 0.690. The molecule has 106 valence electrons. The predicted octanol–water partition coefficient (Wildman–Crippen LogP) is 3.21. The smallest absolute Gasteiger partial charge is 0.217 e. The molecule has 20 heavy (non-hydrogen) atoms. The van der Waals surface area contributed by atoms with Gasteiger partial charge in [-0.3, -0.25) is 0 Å². The van der Waals surface area contributed by atoms with E-state index in [0.29, 0.717) is 5.88 Å². The number of aromatic nitrogens is 1. The number of nitrogens with zero attached hydrogens (tertiary/aromatic N) is 1. The topological polar surface area (TPSA) is 34.2 Å². The first kappa shape index (κ1) is 14.5. The minimum Gasteiger partial charge on any atom is -0.481 e. The van der Waals surface area contributed by atoms with Crippen molar-refractivity contribution in [2.24, 2.45) is 0 Å². The third-order valence-electron chi connectivity index (χ3n) is 3.73. The number of ether oxygens (including phenoxy) is 1. The maximum absolute atomic E-state index is 5.36. The lowest BCUT2D eigenvalue weighted by atomic mass is 9.97. The molecular weight excluding hydrogens is 248 g/mol. The Bertz CT molecular complexity index is 581. The largest absolute Gasteiger partial charge is 0.481 e. The molecule has 1 atom stereocenters. The van der Waals surface area contributed by atoms with Gasteiger partial charge in [0.15, 0.2) is 0 Å². The van der Waals surface area contributed by atoms with Crippen molar-refractivity contribution in [3.8, 4) is 5.88 Å². The van der Waals surface area contributed by atoms with E-state index in [1.807, 2.05) is 13.1 Å². The molecule has 2 aromatic rings. The van der Waals surface area contributed by atoms with Crippen LogP contribution >= 0.6 is 0 Å². The summed E-state index contributed by atoms with van der Waals surface area (Å²) in [6.45, 7) is 4.29. The quantitative estimate of drug-likeness (QED) is 0.906. The lowest BCUT2D eigenvalue weighted by Crippen LogP contribution is -2.20. The zero-order chi connectivity index (χ0) is 14.5. The van der Waals surface area contributed by atoms with Crippen molar-refractivity contribution in [3.05, 3.63) is 58.8 Å². The monoisotopic (exact) mass is 270 g/mol. The third kappa shape index (κ3) is 3.17. The van der Waals surface area contributed by atoms with E-state index in [1.54, 1.807) is 13.3 Å². The predicted molar refractivity (Wildman–Crippen MR) is 82.2 cm³/mol. The molecule has 0 saturated carbocycles. The van der Waals surface area contributed by atoms with Crippen molar-refractivity contribution in [2.75, 3.05) is 14.2 Å². The number of pyridine rings is 1. The van der Waals surface area contributed by atoms with E-state index < -0.39 is 0 Å². The summed E-state index contributed by atoms with van der Waals surface area (Å²) in [4.78, 5) is 4.28. The first-order chi connectivity index (χ1) is 9.65. The van der Waals surface area contributed by atoms with E-state index in [1.165, 1.54) is 16.7 Å². The molecule has 1 aromatic heterocycles. The zero-order valence-electron chi connectivity index (χ0n) is 12.6. The van der Waals surface area contributed by atoms with E-state index >= 15 is 0 Å². The first-order valence-corrected chi connectivity index (χ1v) is 6.88. The average Bonchev–Trinajstić information content (AvgIpc) is 2.48. The van der Waals surface area contributed by atoms with E-state index in [9.17, 15) is 0 Å². The van der Waals surface area contributed by atoms with Crippen molar-refractivity contribution >= 4 is 0 Å². The van der Waals surface area contributed by atoms with Gasteiger partial charge in [-0.15, -0.1) is 0 Å². The molecule has 3 heteroatoms. The van der Waals surface area contributed by atoms with Gasteiger partial charge in [-0.1, -0.05) is 24.3 Å². The number of hydrogen-bond acceptors (Lipinski definition) is 3. The van der Waals surface area contributed by atoms with Crippen LogP contribution in [0.5, 0.6) is 5.88 Å². The van der Waals surface area contributed by atoms with Crippen LogP contribution in [0.15, 0.2) is 36.5 Å². The van der Waals surface area contributed by atoms with E-state index in [0.717, 1.165) is 12.0 Å². The van der Waals surface area contributed by atoms with Gasteiger partial charge < -0.3 is 10.1 Å². The van der Waals surface area contributed by atoms with Gasteiger partial charge in [0, 0.05) is 17.8 Å². The highest BCUT2D eigenvalue weighted by atomic mass is 16.5. The Labute approximate surface area is 121 Å². The molecule has 0 fully saturated rings. The highest BCUT2D eigenvalue weighted by Gasteiger charge is 2.15. The number of likely N-dealkylation sites (N-methyl/N-ethyl adjacent to an activating group) is 1. The van der Waals surface area contributed by atoms with Gasteiger partial charge in [0.1, 0.15) is 0 Å². The highest BCUT2D eigenvalue weighted by molar-refractivity contribution is 5.34. The summed E-state index contributed by atoms with van der Waals surface area (Å²) in [7, 11) is 3.63. The van der Waals surface area contributed by atoms with Gasteiger partial charge in [0.25, 0.3) is 0 Å². The second kappa shape index (κ2) is 6.53. The van der Waals surface area contributed by atoms with Crippen molar-refractivity contribution < 1.29 is 4.74 Å². The van der Waals surface area contributed by atoms with Gasteiger partial charge in [0.2, 0.25) is 5.88 Å². The van der Waals surface area contributed by atoms with Crippen molar-refractivity contribution in [2.45, 2.75) is 26.3 Å². The molecule has 0 amide bonds. The maximum Gasteiger partial charge on any atom is 0.217 e. The summed E-state index contributed by atoms with van der Waals surface area (Å²) in [5.41, 5.74) is 5.07. The number of methoxy groups -OCH3 is 1. The molecule has 3 nitrogen and oxygen atoms in total. The van der Waals surface area contributed by atoms with Gasteiger partial charge in [-0.25, -0.2) is 4.98 Å². The fraction of sp³-hybridized carbons (Fsp3) is 0.353. The number of hydrogen-bond donors (Lipinski definition) is 1. The highest BCUT2D eigenvalue weighted by Crippen LogP contribution is 2.25. The maximum atomic E-state index is 5.36. The molecule has 1 aromatic carbocycles. The summed E-state index contributed by atoms with van der Waals surface area (Å²) < 4.78 is 5.36. The Morgan fingerprint density at radius 3 is 2.65 bits per heavy atom. The Morgan fingerprint density at radius 1 is 1.20 bits per heavy atom. The van der Waals surface area contributed by atoms with Crippen LogP contribution in [0.3, 0.4) is 0 Å². The van der Waals surface area contributed by atoms with Crippen molar-refractivity contribution in [3.63, 3.8) is 0 Å². The minimum atomic E-state index is 0.195. The summed E-state index contributed by atoms with van der Waals surface area (Å²) in [6, 6.07) is 10.8. The molecule has 1 heterocycles. The van der Waals surface area contributed by atoms with Crippen LogP contribution in [0, 0.1) is 13.8 Å². The van der Waals surface area contributed by atoms with Gasteiger partial charge >= 0.3 is 0 Å². The van der Waals surface area contributed by atoms with Crippen LogP contribution < -0.4 is 10.1 Å². The normalized spacial score (nSPS) is 12.2. The molecule has 0 bridgehead atoms. The second-order valence-corrected chi connectivity index (χ2v) is 5.07. The van der Waals surface area contributed by atoms with Crippen LogP contribution in [0.4, 0.5) is 0 Å². The van der Waals surface area contributed by atoms with E-state index in [-0.39, 0.29) is 6.04 Å². The molecule has 0 saturated heterocycles. The van der Waals surface area contributed by atoms with Crippen molar-refractivity contribution in [1.82, 2.24) is 10.3 Å². The van der Waals surface area contributed by atoms with Crippen molar-refractivity contribution in [1.29, 1.82) is 0 Å². The van der Waals surface area contributed by atoms with Crippen LogP contribution in [0.1, 0.15) is 28.3 Å². The first-order valence-electron chi connectivity index (χ1n) is 6.88. The molecule has 1 N–H and O–H groups in total. The lowest BCUT2D eigenvalue weighted by Gasteiger charge is -2.19. The molecule has 0 aliphatic rings. The minimum absolute atomic E-state index is 0.195. The molecule has 1 unspecified atom stereocenters. The second-order valence-electron chi connectivity index (χ2n) is 5.07. The molecule has 0 aliphatic heterocycles. The molecule has 0 radical (unpaired) electrons. The molecular formula is C17H22N2O. The van der Waals surface area contributed by atoms with E-state index in [2.05, 4.69) is 48.4 Å². The van der Waals surface area contributed by atoms with Crippen LogP contribution in [0.2, 0.25) is 0 Å². The molecule has 0 spiro atoms. The number of aryl methyl sites for hydroxylation is 2. The van der Waals surface area contributed by atoms with Crippen LogP contribution in [0.25, 0.3) is 0 Å². The summed E-state index contributed by atoms with van der Waals surface area (Å²) >= 11 is 0. The SMILES string of the molecule is CNC(Cc1ccc(C)c(C)c1)c1cccnc1OC. The summed E-state index contributed by atoms with van der Waals surface area (Å²) in [5, 5.41) is 3.36. The number of nitrogens with one attached hydrogen (secondary N) is 1. The van der Waals surface area contributed by atoms with Gasteiger partial charge in [0.05, 0.1) is 7.11 Å². The zero-order valence-corrected chi connectivity index (χ0v) is 12.6. The number of benzene rings is 1.